The van der Waals surface area contributed by atoms with Gasteiger partial charge in [0.2, 0.25) is 5.91 Å². The number of carbonyl (C=O) groups is 1. The van der Waals surface area contributed by atoms with Gasteiger partial charge in [-0.2, -0.15) is 0 Å². The molecular formula is C15H25N3O. The van der Waals surface area contributed by atoms with Crippen LogP contribution in [0.25, 0.3) is 0 Å². The van der Waals surface area contributed by atoms with Crippen LogP contribution in [0.4, 0.5) is 5.69 Å². The monoisotopic (exact) mass is 263 g/mol. The quantitative estimate of drug-likeness (QED) is 0.749. The Labute approximate surface area is 116 Å². The van der Waals surface area contributed by atoms with Gasteiger partial charge < -0.3 is 16.0 Å². The Bertz CT molecular complexity index is 367. The summed E-state index contributed by atoms with van der Waals surface area (Å²) in [5, 5.41) is 2.94. The van der Waals surface area contributed by atoms with Crippen LogP contribution in [0.5, 0.6) is 0 Å². The van der Waals surface area contributed by atoms with Crippen molar-refractivity contribution in [2.75, 3.05) is 31.6 Å². The van der Waals surface area contributed by atoms with Gasteiger partial charge in [0.05, 0.1) is 0 Å². The van der Waals surface area contributed by atoms with Crippen LogP contribution >= 0.6 is 0 Å². The number of nitrogens with two attached hydrogens (primary N) is 1. The van der Waals surface area contributed by atoms with Gasteiger partial charge >= 0.3 is 0 Å². The van der Waals surface area contributed by atoms with Crippen LogP contribution in [0.15, 0.2) is 30.3 Å². The van der Waals surface area contributed by atoms with Crippen molar-refractivity contribution in [1.29, 1.82) is 0 Å². The molecule has 106 valence electrons. The number of rotatable bonds is 8. The highest BCUT2D eigenvalue weighted by atomic mass is 16.1. The summed E-state index contributed by atoms with van der Waals surface area (Å²) in [7, 11) is 2.03. The Balaban J connectivity index is 2.18. The second-order valence-electron chi connectivity index (χ2n) is 4.99. The number of hydrogen-bond donors (Lipinski definition) is 2. The fraction of sp³-hybridized carbons (Fsp3) is 0.533. The van der Waals surface area contributed by atoms with Gasteiger partial charge in [-0.3, -0.25) is 4.79 Å². The smallest absolute Gasteiger partial charge is 0.220 e. The molecule has 0 spiro atoms. The Morgan fingerprint density at radius 2 is 2.05 bits per heavy atom. The van der Waals surface area contributed by atoms with Crippen LogP contribution in [0, 0.1) is 5.92 Å². The molecular weight excluding hydrogens is 238 g/mol. The van der Waals surface area contributed by atoms with E-state index in [9.17, 15) is 4.79 Å². The summed E-state index contributed by atoms with van der Waals surface area (Å²) in [5.41, 5.74) is 6.68. The molecule has 0 bridgehead atoms. The Morgan fingerprint density at radius 1 is 1.37 bits per heavy atom. The number of para-hydroxylation sites is 1. The molecule has 19 heavy (non-hydrogen) atoms. The van der Waals surface area contributed by atoms with E-state index >= 15 is 0 Å². The Kier molecular flexibility index (Phi) is 6.97. The fourth-order valence-corrected chi connectivity index (χ4v) is 1.76. The van der Waals surface area contributed by atoms with Crippen molar-refractivity contribution in [2.24, 2.45) is 11.7 Å². The maximum atomic E-state index is 11.6. The zero-order valence-electron chi connectivity index (χ0n) is 11.9. The molecule has 1 unspecified atom stereocenters. The van der Waals surface area contributed by atoms with Crippen LogP contribution in [0.1, 0.15) is 19.8 Å². The van der Waals surface area contributed by atoms with Crippen LogP contribution in [-0.2, 0) is 4.79 Å². The van der Waals surface area contributed by atoms with E-state index in [1.165, 1.54) is 0 Å². The summed E-state index contributed by atoms with van der Waals surface area (Å²) in [5.74, 6) is 0.527. The number of likely N-dealkylation sites (N-methyl/N-ethyl adjacent to an activating group) is 1. The lowest BCUT2D eigenvalue weighted by atomic mass is 10.1. The highest BCUT2D eigenvalue weighted by Gasteiger charge is 2.05. The largest absolute Gasteiger partial charge is 0.373 e. The van der Waals surface area contributed by atoms with Crippen molar-refractivity contribution >= 4 is 11.6 Å². The van der Waals surface area contributed by atoms with E-state index in [0.717, 1.165) is 18.7 Å². The zero-order chi connectivity index (χ0) is 14.1. The third-order valence-corrected chi connectivity index (χ3v) is 3.23. The number of carbonyl (C=O) groups excluding carboxylic acids is 1. The van der Waals surface area contributed by atoms with Gasteiger partial charge in [-0.05, 0) is 31.0 Å². The lowest BCUT2D eigenvalue weighted by Gasteiger charge is -2.19. The lowest BCUT2D eigenvalue weighted by molar-refractivity contribution is -0.121. The molecule has 0 aliphatic rings. The standard InChI is InChI=1S/C15H25N3O/c1-13(12-16)8-9-15(19)17-10-11-18(2)14-6-4-3-5-7-14/h3-7,13H,8-12,16H2,1-2H3,(H,17,19). The third kappa shape index (κ3) is 6.25. The zero-order valence-corrected chi connectivity index (χ0v) is 11.9. The summed E-state index contributed by atoms with van der Waals surface area (Å²) in [4.78, 5) is 13.7. The third-order valence-electron chi connectivity index (χ3n) is 3.23. The summed E-state index contributed by atoms with van der Waals surface area (Å²) in [6, 6.07) is 10.1. The minimum Gasteiger partial charge on any atom is -0.373 e. The van der Waals surface area contributed by atoms with Gasteiger partial charge in [0, 0.05) is 32.2 Å². The number of anilines is 1. The number of amides is 1. The molecule has 1 aromatic carbocycles. The van der Waals surface area contributed by atoms with Crippen molar-refractivity contribution < 1.29 is 4.79 Å². The highest BCUT2D eigenvalue weighted by molar-refractivity contribution is 5.75. The van der Waals surface area contributed by atoms with Gasteiger partial charge in [-0.1, -0.05) is 25.1 Å². The first-order valence-electron chi connectivity index (χ1n) is 6.86. The van der Waals surface area contributed by atoms with Crippen LogP contribution in [-0.4, -0.2) is 32.6 Å². The molecule has 0 radical (unpaired) electrons. The molecule has 0 aromatic heterocycles. The van der Waals surface area contributed by atoms with Crippen molar-refractivity contribution in [3.05, 3.63) is 30.3 Å². The van der Waals surface area contributed by atoms with Gasteiger partial charge in [0.25, 0.3) is 0 Å². The minimum absolute atomic E-state index is 0.113. The van der Waals surface area contributed by atoms with E-state index in [-0.39, 0.29) is 5.91 Å². The normalized spacial score (nSPS) is 11.9. The molecule has 0 aliphatic heterocycles. The summed E-state index contributed by atoms with van der Waals surface area (Å²) in [6.07, 6.45) is 1.42. The maximum Gasteiger partial charge on any atom is 0.220 e. The summed E-state index contributed by atoms with van der Waals surface area (Å²) < 4.78 is 0. The number of nitrogens with zero attached hydrogens (tertiary/aromatic N) is 1. The highest BCUT2D eigenvalue weighted by Crippen LogP contribution is 2.09. The van der Waals surface area contributed by atoms with E-state index in [1.54, 1.807) is 0 Å². The Hall–Kier alpha value is -1.55. The van der Waals surface area contributed by atoms with Gasteiger partial charge in [-0.25, -0.2) is 0 Å². The molecule has 0 fully saturated rings. The first-order chi connectivity index (χ1) is 9.13. The number of benzene rings is 1. The first kappa shape index (κ1) is 15.5. The lowest BCUT2D eigenvalue weighted by Crippen LogP contribution is -2.33. The summed E-state index contributed by atoms with van der Waals surface area (Å²) >= 11 is 0. The maximum absolute atomic E-state index is 11.6. The number of hydrogen-bond acceptors (Lipinski definition) is 3. The molecule has 1 rings (SSSR count). The molecule has 0 aliphatic carbocycles. The SMILES string of the molecule is CC(CN)CCC(=O)NCCN(C)c1ccccc1. The van der Waals surface area contributed by atoms with Crippen molar-refractivity contribution in [1.82, 2.24) is 5.32 Å². The van der Waals surface area contributed by atoms with Crippen molar-refractivity contribution in [3.8, 4) is 0 Å². The fourth-order valence-electron chi connectivity index (χ4n) is 1.76. The van der Waals surface area contributed by atoms with E-state index in [1.807, 2.05) is 25.2 Å². The van der Waals surface area contributed by atoms with Gasteiger partial charge in [-0.15, -0.1) is 0 Å². The molecule has 4 nitrogen and oxygen atoms in total. The van der Waals surface area contributed by atoms with Crippen LogP contribution < -0.4 is 16.0 Å². The van der Waals surface area contributed by atoms with E-state index in [4.69, 9.17) is 5.73 Å². The molecule has 3 N–H and O–H groups in total. The van der Waals surface area contributed by atoms with Gasteiger partial charge in [0.15, 0.2) is 0 Å². The van der Waals surface area contributed by atoms with Gasteiger partial charge in [0.1, 0.15) is 0 Å². The van der Waals surface area contributed by atoms with E-state index < -0.39 is 0 Å². The first-order valence-corrected chi connectivity index (χ1v) is 6.86. The predicted molar refractivity (Wildman–Crippen MR) is 80.2 cm³/mol. The second kappa shape index (κ2) is 8.53. The molecule has 1 aromatic rings. The van der Waals surface area contributed by atoms with Crippen LogP contribution in [0.3, 0.4) is 0 Å². The topological polar surface area (TPSA) is 58.4 Å². The predicted octanol–water partition coefficient (Wildman–Crippen LogP) is 1.61. The Morgan fingerprint density at radius 3 is 2.68 bits per heavy atom. The minimum atomic E-state index is 0.113. The van der Waals surface area contributed by atoms with E-state index in [2.05, 4.69) is 29.3 Å². The van der Waals surface area contributed by atoms with Crippen LogP contribution in [0.2, 0.25) is 0 Å². The van der Waals surface area contributed by atoms with Crippen molar-refractivity contribution in [3.63, 3.8) is 0 Å². The molecule has 0 saturated heterocycles. The van der Waals surface area contributed by atoms with E-state index in [0.29, 0.717) is 25.4 Å². The molecule has 4 heteroatoms. The molecule has 0 saturated carbocycles. The molecule has 0 heterocycles. The van der Waals surface area contributed by atoms with Crippen molar-refractivity contribution in [2.45, 2.75) is 19.8 Å². The average molecular weight is 263 g/mol. The molecule has 1 amide bonds. The summed E-state index contributed by atoms with van der Waals surface area (Å²) in [6.45, 7) is 4.18. The number of nitrogens with one attached hydrogen (secondary N) is 1. The average Bonchev–Trinajstić information content (AvgIpc) is 2.45. The second-order valence-corrected chi connectivity index (χ2v) is 4.99. The molecule has 1 atom stereocenters.